The summed E-state index contributed by atoms with van der Waals surface area (Å²) in [4.78, 5) is 16.1. The second-order valence-corrected chi connectivity index (χ2v) is 5.64. The first-order valence-electron chi connectivity index (χ1n) is 8.05. The molecule has 0 atom stereocenters. The number of ether oxygens (including phenoxy) is 1. The summed E-state index contributed by atoms with van der Waals surface area (Å²) in [5, 5.41) is 28.2. The summed E-state index contributed by atoms with van der Waals surface area (Å²) in [7, 11) is 0. The highest BCUT2D eigenvalue weighted by Gasteiger charge is 2.18. The predicted octanol–water partition coefficient (Wildman–Crippen LogP) is 3.57. The summed E-state index contributed by atoms with van der Waals surface area (Å²) in [6.45, 7) is 3.84. The molecule has 0 saturated carbocycles. The fourth-order valence-electron chi connectivity index (χ4n) is 2.48. The van der Waals surface area contributed by atoms with Crippen molar-refractivity contribution in [2.75, 3.05) is 6.61 Å². The first-order valence-corrected chi connectivity index (χ1v) is 8.05. The lowest BCUT2D eigenvalue weighted by atomic mass is 10.2. The zero-order chi connectivity index (χ0) is 18.7. The van der Waals surface area contributed by atoms with E-state index in [0.29, 0.717) is 11.4 Å². The number of phenolic OH excluding ortho intramolecular Hbond substituents is 1. The number of esters is 1. The maximum absolute atomic E-state index is 11.9. The van der Waals surface area contributed by atoms with Crippen LogP contribution in [0.3, 0.4) is 0 Å². The third-order valence-electron chi connectivity index (χ3n) is 3.67. The van der Waals surface area contributed by atoms with Gasteiger partial charge in [-0.1, -0.05) is 6.07 Å². The van der Waals surface area contributed by atoms with Crippen LogP contribution in [0, 0.1) is 6.92 Å². The number of rotatable bonds is 5. The van der Waals surface area contributed by atoms with Crippen molar-refractivity contribution in [3.8, 4) is 11.5 Å². The monoisotopic (exact) mass is 354 g/mol. The number of nitrogens with zero attached hydrogens (tertiary/aromatic N) is 4. The first kappa shape index (κ1) is 17.4. The van der Waals surface area contributed by atoms with Crippen LogP contribution in [0.15, 0.2) is 46.8 Å². The Kier molecular flexibility index (Phi) is 4.83. The molecule has 0 saturated heterocycles. The Morgan fingerprint density at radius 1 is 1.23 bits per heavy atom. The smallest absolute Gasteiger partial charge is 0.312 e. The lowest BCUT2D eigenvalue weighted by molar-refractivity contribution is -0.142. The number of aryl methyl sites for hydroxylation is 1. The van der Waals surface area contributed by atoms with Gasteiger partial charge in [0.05, 0.1) is 18.7 Å². The Hall–Kier alpha value is -3.42. The standard InChI is InChI=1S/C18H18N4O4/c1-3-26-16(25)10-13-17(22-8-4-5-15(24)18(22)19-13)21-20-12-9-11(2)6-7-14(12)23/h4-9,23-24H,3,10H2,1-2H3. The summed E-state index contributed by atoms with van der Waals surface area (Å²) < 4.78 is 6.49. The number of azo groups is 1. The number of phenols is 1. The van der Waals surface area contributed by atoms with Gasteiger partial charge in [0.25, 0.3) is 0 Å². The van der Waals surface area contributed by atoms with Crippen LogP contribution in [-0.2, 0) is 16.0 Å². The third-order valence-corrected chi connectivity index (χ3v) is 3.67. The molecule has 8 heteroatoms. The van der Waals surface area contributed by atoms with E-state index in [-0.39, 0.29) is 36.0 Å². The van der Waals surface area contributed by atoms with Crippen LogP contribution in [0.1, 0.15) is 18.2 Å². The molecule has 2 heterocycles. The minimum Gasteiger partial charge on any atom is -0.506 e. The number of pyridine rings is 1. The molecule has 2 N–H and O–H groups in total. The highest BCUT2D eigenvalue weighted by molar-refractivity contribution is 5.75. The minimum absolute atomic E-state index is 0.0111. The molecule has 26 heavy (non-hydrogen) atoms. The van der Waals surface area contributed by atoms with E-state index < -0.39 is 5.97 Å². The quantitative estimate of drug-likeness (QED) is 0.538. The topological polar surface area (TPSA) is 109 Å². The average molecular weight is 354 g/mol. The molecule has 0 aliphatic heterocycles. The molecule has 0 aliphatic rings. The van der Waals surface area contributed by atoms with E-state index in [1.165, 1.54) is 16.5 Å². The maximum atomic E-state index is 11.9. The SMILES string of the molecule is CCOC(=O)Cc1nc2c(O)cccn2c1N=Nc1cc(C)ccc1O. The van der Waals surface area contributed by atoms with Gasteiger partial charge in [-0.25, -0.2) is 4.98 Å². The molecule has 0 amide bonds. The number of hydrogen-bond donors (Lipinski definition) is 2. The molecule has 0 aliphatic carbocycles. The molecule has 3 aromatic rings. The summed E-state index contributed by atoms with van der Waals surface area (Å²) in [6, 6.07) is 8.09. The van der Waals surface area contributed by atoms with E-state index in [0.717, 1.165) is 5.56 Å². The molecular weight excluding hydrogens is 336 g/mol. The zero-order valence-electron chi connectivity index (χ0n) is 14.4. The van der Waals surface area contributed by atoms with Crippen LogP contribution in [0.2, 0.25) is 0 Å². The van der Waals surface area contributed by atoms with Gasteiger partial charge in [-0.15, -0.1) is 10.2 Å². The Balaban J connectivity index is 2.07. The van der Waals surface area contributed by atoms with Crippen LogP contribution in [0.4, 0.5) is 11.5 Å². The Morgan fingerprint density at radius 3 is 2.81 bits per heavy atom. The number of aromatic hydroxyl groups is 2. The molecule has 0 unspecified atom stereocenters. The van der Waals surface area contributed by atoms with Crippen molar-refractivity contribution < 1.29 is 19.7 Å². The van der Waals surface area contributed by atoms with E-state index in [1.807, 2.05) is 6.92 Å². The van der Waals surface area contributed by atoms with Gasteiger partial charge in [0.15, 0.2) is 17.2 Å². The highest BCUT2D eigenvalue weighted by Crippen LogP contribution is 2.32. The summed E-state index contributed by atoms with van der Waals surface area (Å²) in [6.07, 6.45) is 1.55. The van der Waals surface area contributed by atoms with Crippen LogP contribution >= 0.6 is 0 Å². The number of aromatic nitrogens is 2. The van der Waals surface area contributed by atoms with Crippen LogP contribution in [0.25, 0.3) is 5.65 Å². The zero-order valence-corrected chi connectivity index (χ0v) is 14.4. The van der Waals surface area contributed by atoms with Crippen LogP contribution in [-0.4, -0.2) is 32.2 Å². The molecule has 0 bridgehead atoms. The largest absolute Gasteiger partial charge is 0.506 e. The predicted molar refractivity (Wildman–Crippen MR) is 94.2 cm³/mol. The van der Waals surface area contributed by atoms with Gasteiger partial charge in [0.2, 0.25) is 0 Å². The molecule has 8 nitrogen and oxygen atoms in total. The number of imidazole rings is 1. The number of fused-ring (bicyclic) bond motifs is 1. The second-order valence-electron chi connectivity index (χ2n) is 5.64. The van der Waals surface area contributed by atoms with Crippen LogP contribution < -0.4 is 0 Å². The molecular formula is C18H18N4O4. The van der Waals surface area contributed by atoms with E-state index in [2.05, 4.69) is 15.2 Å². The number of hydrogen-bond acceptors (Lipinski definition) is 7. The van der Waals surface area contributed by atoms with Crippen molar-refractivity contribution in [1.82, 2.24) is 9.38 Å². The first-order chi connectivity index (χ1) is 12.5. The van der Waals surface area contributed by atoms with E-state index in [9.17, 15) is 15.0 Å². The van der Waals surface area contributed by atoms with E-state index >= 15 is 0 Å². The van der Waals surface area contributed by atoms with Gasteiger partial charge in [-0.05, 0) is 43.7 Å². The highest BCUT2D eigenvalue weighted by atomic mass is 16.5. The number of carbonyl (C=O) groups is 1. The lowest BCUT2D eigenvalue weighted by Gasteiger charge is -2.02. The van der Waals surface area contributed by atoms with Crippen molar-refractivity contribution >= 4 is 23.1 Å². The number of carbonyl (C=O) groups excluding carboxylic acids is 1. The summed E-state index contributed by atoms with van der Waals surface area (Å²) in [5.74, 6) is -0.226. The normalized spacial score (nSPS) is 11.3. The van der Waals surface area contributed by atoms with Gasteiger partial charge in [-0.3, -0.25) is 9.20 Å². The Labute approximate surface area is 149 Å². The van der Waals surface area contributed by atoms with Crippen LogP contribution in [0.5, 0.6) is 11.5 Å². The fourth-order valence-corrected chi connectivity index (χ4v) is 2.48. The maximum Gasteiger partial charge on any atom is 0.312 e. The van der Waals surface area contributed by atoms with Gasteiger partial charge in [-0.2, -0.15) is 0 Å². The van der Waals surface area contributed by atoms with Gasteiger partial charge < -0.3 is 14.9 Å². The van der Waals surface area contributed by atoms with Gasteiger partial charge >= 0.3 is 5.97 Å². The molecule has 134 valence electrons. The summed E-state index contributed by atoms with van der Waals surface area (Å²) >= 11 is 0. The molecule has 1 aromatic carbocycles. The molecule has 0 spiro atoms. The van der Waals surface area contributed by atoms with Crippen molar-refractivity contribution in [2.24, 2.45) is 10.2 Å². The second kappa shape index (κ2) is 7.22. The molecule has 2 aromatic heterocycles. The van der Waals surface area contributed by atoms with Gasteiger partial charge in [0, 0.05) is 6.20 Å². The molecule has 0 fully saturated rings. The van der Waals surface area contributed by atoms with E-state index in [1.54, 1.807) is 31.3 Å². The molecule has 3 rings (SSSR count). The van der Waals surface area contributed by atoms with Crippen molar-refractivity contribution in [3.63, 3.8) is 0 Å². The average Bonchev–Trinajstić information content (AvgIpc) is 2.94. The van der Waals surface area contributed by atoms with E-state index in [4.69, 9.17) is 4.74 Å². The lowest BCUT2D eigenvalue weighted by Crippen LogP contribution is -2.07. The Morgan fingerprint density at radius 2 is 2.04 bits per heavy atom. The third kappa shape index (κ3) is 3.49. The minimum atomic E-state index is -0.453. The number of benzene rings is 1. The van der Waals surface area contributed by atoms with Crippen molar-refractivity contribution in [1.29, 1.82) is 0 Å². The molecule has 0 radical (unpaired) electrons. The van der Waals surface area contributed by atoms with Crippen molar-refractivity contribution in [2.45, 2.75) is 20.3 Å². The van der Waals surface area contributed by atoms with Gasteiger partial charge in [0.1, 0.15) is 11.4 Å². The summed E-state index contributed by atoms with van der Waals surface area (Å²) in [5.41, 5.74) is 1.79. The fraction of sp³-hybridized carbons (Fsp3) is 0.222. The Bertz CT molecular complexity index is 994. The van der Waals surface area contributed by atoms with Crippen molar-refractivity contribution in [3.05, 3.63) is 47.8 Å².